The molecule has 0 radical (unpaired) electrons. The molecule has 0 amide bonds. The Hall–Kier alpha value is -0.880. The molecule has 0 aliphatic carbocycles. The third kappa shape index (κ3) is 2.75. The van der Waals surface area contributed by atoms with Crippen LogP contribution >= 0.6 is 23.6 Å². The van der Waals surface area contributed by atoms with Crippen molar-refractivity contribution in [2.45, 2.75) is 37.6 Å². The molecule has 0 saturated carbocycles. The fourth-order valence-electron chi connectivity index (χ4n) is 2.13. The summed E-state index contributed by atoms with van der Waals surface area (Å²) in [6.45, 7) is 0.650. The van der Waals surface area contributed by atoms with Crippen LogP contribution in [0.5, 0.6) is 5.88 Å². The molecule has 2 rings (SSSR count). The molecule has 1 unspecified atom stereocenters. The third-order valence-electron chi connectivity index (χ3n) is 3.26. The maximum atomic E-state index is 11.4. The van der Waals surface area contributed by atoms with Crippen molar-refractivity contribution in [2.75, 3.05) is 6.61 Å². The number of aromatic hydroxyl groups is 1. The first-order valence-electron chi connectivity index (χ1n) is 6.05. The molecule has 8 nitrogen and oxygen atoms in total. The molecular weight excluding hydrogens is 322 g/mol. The van der Waals surface area contributed by atoms with E-state index in [0.717, 1.165) is 15.9 Å². The topological polar surface area (TPSA) is 132 Å². The van der Waals surface area contributed by atoms with E-state index in [1.54, 1.807) is 0 Å². The lowest BCUT2D eigenvalue weighted by molar-refractivity contribution is -0.252. The highest BCUT2D eigenvalue weighted by molar-refractivity contribution is 7.73. The van der Waals surface area contributed by atoms with Crippen LogP contribution in [0.2, 0.25) is 0 Å². The van der Waals surface area contributed by atoms with E-state index in [2.05, 4.69) is 0 Å². The van der Waals surface area contributed by atoms with E-state index in [9.17, 15) is 25.2 Å². The number of carbonyl (C=O) groups excluding carboxylic acids is 1. The third-order valence-corrected chi connectivity index (χ3v) is 4.75. The summed E-state index contributed by atoms with van der Waals surface area (Å²) in [7, 11) is 0. The van der Waals surface area contributed by atoms with Gasteiger partial charge in [0, 0.05) is 6.92 Å². The van der Waals surface area contributed by atoms with Gasteiger partial charge in [0.25, 0.3) is 0 Å². The predicted molar refractivity (Wildman–Crippen MR) is 73.8 cm³/mol. The smallest absolute Gasteiger partial charge is 0.216 e. The zero-order chi connectivity index (χ0) is 15.9. The summed E-state index contributed by atoms with van der Waals surface area (Å²) in [5.74, 6) is -0.895. The number of aliphatic hydroxyl groups is 4. The van der Waals surface area contributed by atoms with Crippen molar-refractivity contribution in [2.24, 2.45) is 0 Å². The van der Waals surface area contributed by atoms with Crippen LogP contribution in [0.25, 0.3) is 0 Å². The van der Waals surface area contributed by atoms with E-state index in [-0.39, 0.29) is 8.83 Å². The summed E-state index contributed by atoms with van der Waals surface area (Å²) >= 11 is 5.86. The molecule has 1 fully saturated rings. The Kier molecular flexibility index (Phi) is 4.78. The molecule has 1 aromatic rings. The molecule has 118 valence electrons. The minimum atomic E-state index is -1.59. The van der Waals surface area contributed by atoms with Crippen molar-refractivity contribution < 1.29 is 35.1 Å². The highest BCUT2D eigenvalue weighted by atomic mass is 32.1. The van der Waals surface area contributed by atoms with Crippen LogP contribution in [0.1, 0.15) is 22.8 Å². The Morgan fingerprint density at radius 2 is 1.95 bits per heavy atom. The fourth-order valence-corrected chi connectivity index (χ4v) is 3.36. The quantitative estimate of drug-likeness (QED) is 0.356. The number of hydrogen-bond acceptors (Lipinski definition) is 9. The zero-order valence-corrected chi connectivity index (χ0v) is 12.5. The maximum absolute atomic E-state index is 11.4. The van der Waals surface area contributed by atoms with Crippen molar-refractivity contribution in [1.82, 2.24) is 4.57 Å². The van der Waals surface area contributed by atoms with Gasteiger partial charge in [0.15, 0.2) is 16.0 Å². The van der Waals surface area contributed by atoms with E-state index in [1.807, 2.05) is 0 Å². The first kappa shape index (κ1) is 16.5. The monoisotopic (exact) mass is 337 g/mol. The van der Waals surface area contributed by atoms with Gasteiger partial charge >= 0.3 is 0 Å². The number of carbonyl (C=O) groups is 1. The minimum absolute atomic E-state index is 0.00281. The van der Waals surface area contributed by atoms with Gasteiger partial charge in [-0.15, -0.1) is 0 Å². The van der Waals surface area contributed by atoms with E-state index in [0.29, 0.717) is 0 Å². The number of aromatic nitrogens is 1. The van der Waals surface area contributed by atoms with Crippen LogP contribution in [0.4, 0.5) is 0 Å². The number of ketones is 1. The largest absolute Gasteiger partial charge is 0.493 e. The minimum Gasteiger partial charge on any atom is -0.493 e. The zero-order valence-electron chi connectivity index (χ0n) is 10.9. The van der Waals surface area contributed by atoms with Gasteiger partial charge < -0.3 is 30.3 Å². The van der Waals surface area contributed by atoms with Gasteiger partial charge in [0.1, 0.15) is 29.3 Å². The summed E-state index contributed by atoms with van der Waals surface area (Å²) in [6, 6.07) is 0. The Balaban J connectivity index is 2.46. The molecule has 0 aromatic carbocycles. The van der Waals surface area contributed by atoms with Crippen LogP contribution in [-0.4, -0.2) is 66.9 Å². The van der Waals surface area contributed by atoms with Gasteiger partial charge in [-0.1, -0.05) is 11.3 Å². The number of ether oxygens (including phenoxy) is 1. The molecule has 1 aromatic heterocycles. The molecular formula is C11H15NO7S2. The molecule has 5 atom stereocenters. The van der Waals surface area contributed by atoms with E-state index >= 15 is 0 Å². The first-order chi connectivity index (χ1) is 9.79. The fraction of sp³-hybridized carbons (Fsp3) is 0.636. The summed E-state index contributed by atoms with van der Waals surface area (Å²) in [6.07, 6.45) is -7.14. The van der Waals surface area contributed by atoms with Gasteiger partial charge in [0.05, 0.1) is 6.61 Å². The van der Waals surface area contributed by atoms with Crippen molar-refractivity contribution in [1.29, 1.82) is 0 Å². The van der Waals surface area contributed by atoms with Gasteiger partial charge in [-0.3, -0.25) is 9.36 Å². The first-order valence-corrected chi connectivity index (χ1v) is 7.27. The number of Topliss-reactive ketones (excluding diaryl/α,β-unsaturated/α-hetero) is 1. The lowest BCUT2D eigenvalue weighted by Gasteiger charge is -2.40. The van der Waals surface area contributed by atoms with Gasteiger partial charge in [-0.2, -0.15) is 0 Å². The lowest BCUT2D eigenvalue weighted by atomic mass is 9.98. The van der Waals surface area contributed by atoms with Crippen LogP contribution < -0.4 is 0 Å². The Morgan fingerprint density at radius 1 is 1.33 bits per heavy atom. The molecule has 0 bridgehead atoms. The van der Waals surface area contributed by atoms with Gasteiger partial charge in [-0.25, -0.2) is 0 Å². The van der Waals surface area contributed by atoms with Crippen LogP contribution in [0, 0.1) is 3.95 Å². The van der Waals surface area contributed by atoms with Crippen LogP contribution in [-0.2, 0) is 4.74 Å². The summed E-state index contributed by atoms with van der Waals surface area (Å²) < 4.78 is 6.34. The highest BCUT2D eigenvalue weighted by Crippen LogP contribution is 2.36. The number of hydrogen-bond donors (Lipinski definition) is 5. The highest BCUT2D eigenvalue weighted by Gasteiger charge is 2.45. The number of nitrogens with zero attached hydrogens (tertiary/aromatic N) is 1. The Morgan fingerprint density at radius 3 is 2.43 bits per heavy atom. The number of aliphatic hydroxyl groups excluding tert-OH is 4. The average Bonchev–Trinajstić information content (AvgIpc) is 2.73. The number of thiazole rings is 1. The SMILES string of the molecule is CC(=O)c1sc(=S)n(C2O[C@H](CO)[C@@H](O)[C@H](O)[C@H]2O)c1O. The van der Waals surface area contributed by atoms with E-state index in [4.69, 9.17) is 22.1 Å². The van der Waals surface area contributed by atoms with Crippen molar-refractivity contribution in [3.63, 3.8) is 0 Å². The second kappa shape index (κ2) is 6.08. The summed E-state index contributed by atoms with van der Waals surface area (Å²) in [5, 5.41) is 48.6. The van der Waals surface area contributed by atoms with Crippen molar-refractivity contribution >= 4 is 29.3 Å². The molecule has 21 heavy (non-hydrogen) atoms. The molecule has 1 aliphatic rings. The molecule has 2 heterocycles. The molecule has 10 heteroatoms. The lowest BCUT2D eigenvalue weighted by Crippen LogP contribution is -2.56. The Bertz CT molecular complexity index is 596. The molecule has 1 saturated heterocycles. The van der Waals surface area contributed by atoms with Crippen LogP contribution in [0.3, 0.4) is 0 Å². The molecule has 0 spiro atoms. The summed E-state index contributed by atoms with van der Waals surface area (Å²) in [4.78, 5) is 11.4. The second-order valence-electron chi connectivity index (χ2n) is 4.67. The van der Waals surface area contributed by atoms with Crippen LogP contribution in [0.15, 0.2) is 0 Å². The van der Waals surface area contributed by atoms with Gasteiger partial charge in [-0.05, 0) is 12.2 Å². The Labute approximate surface area is 128 Å². The average molecular weight is 337 g/mol. The van der Waals surface area contributed by atoms with E-state index < -0.39 is 48.9 Å². The van der Waals surface area contributed by atoms with Crippen molar-refractivity contribution in [3.8, 4) is 5.88 Å². The van der Waals surface area contributed by atoms with Gasteiger partial charge in [0.2, 0.25) is 5.88 Å². The molecule has 1 aliphatic heterocycles. The van der Waals surface area contributed by atoms with Crippen molar-refractivity contribution in [3.05, 3.63) is 8.83 Å². The number of rotatable bonds is 3. The summed E-state index contributed by atoms with van der Waals surface area (Å²) in [5.41, 5.74) is 0. The van der Waals surface area contributed by atoms with E-state index in [1.165, 1.54) is 6.92 Å². The second-order valence-corrected chi connectivity index (χ2v) is 6.31. The maximum Gasteiger partial charge on any atom is 0.216 e. The predicted octanol–water partition coefficient (Wildman–Crippen LogP) is -0.840. The molecule has 5 N–H and O–H groups in total. The standard InChI is InChI=1S/C11H15NO7S2/c1-3(14)8-9(18)12(11(20)21-8)10-7(17)6(16)5(15)4(2-13)19-10/h4-7,10,13,15-18H,2H2,1H3/t4-,5-,6+,7-,10?/m1/s1. The normalized spacial score (nSPS) is 33.1.